The second-order valence-corrected chi connectivity index (χ2v) is 7.70. The minimum absolute atomic E-state index is 0.0607. The van der Waals surface area contributed by atoms with Crippen LogP contribution < -0.4 is 0 Å². The van der Waals surface area contributed by atoms with Gasteiger partial charge in [-0.05, 0) is 41.8 Å². The molecule has 2 N–H and O–H groups in total. The van der Waals surface area contributed by atoms with Gasteiger partial charge in [-0.2, -0.15) is 0 Å². The van der Waals surface area contributed by atoms with E-state index in [9.17, 15) is 34.2 Å². The Bertz CT molecular complexity index is 1350. The lowest BCUT2D eigenvalue weighted by atomic mass is 9.95. The molecule has 0 atom stereocenters. The smallest absolute Gasteiger partial charge is 0.339 e. The summed E-state index contributed by atoms with van der Waals surface area (Å²) in [5.74, 6) is -5.33. The molecule has 0 aliphatic carbocycles. The zero-order valence-electron chi connectivity index (χ0n) is 19.4. The average Bonchev–Trinajstić information content (AvgIpc) is 2.90. The Kier molecular flexibility index (Phi) is 7.96. The van der Waals surface area contributed by atoms with E-state index < -0.39 is 35.2 Å². The Labute approximate surface area is 205 Å². The van der Waals surface area contributed by atoms with Crippen LogP contribution in [0.1, 0.15) is 75.4 Å². The van der Waals surface area contributed by atoms with Gasteiger partial charge in [0.2, 0.25) is 0 Å². The topological polar surface area (TPSA) is 144 Å². The van der Waals surface area contributed by atoms with Crippen molar-refractivity contribution >= 4 is 29.7 Å². The number of aryl methyl sites for hydroxylation is 1. The molecule has 0 amide bonds. The van der Waals surface area contributed by atoms with E-state index >= 15 is 0 Å². The Balaban J connectivity index is 1.88. The number of hydrogen-bond donors (Lipinski definition) is 2. The predicted molar refractivity (Wildman–Crippen MR) is 127 cm³/mol. The highest BCUT2D eigenvalue weighted by Gasteiger charge is 2.23. The summed E-state index contributed by atoms with van der Waals surface area (Å²) in [6.45, 7) is 1.95. The zero-order chi connectivity index (χ0) is 26.4. The van der Waals surface area contributed by atoms with Gasteiger partial charge in [-0.3, -0.25) is 4.79 Å². The van der Waals surface area contributed by atoms with Gasteiger partial charge in [0, 0.05) is 11.1 Å². The van der Waals surface area contributed by atoms with Crippen molar-refractivity contribution in [2.75, 3.05) is 7.11 Å². The minimum Gasteiger partial charge on any atom is -0.478 e. The van der Waals surface area contributed by atoms with Crippen LogP contribution in [0.2, 0.25) is 0 Å². The summed E-state index contributed by atoms with van der Waals surface area (Å²) in [5, 5.41) is 18.9. The molecule has 0 radical (unpaired) electrons. The molecule has 9 nitrogen and oxygen atoms in total. The van der Waals surface area contributed by atoms with Crippen molar-refractivity contribution in [2.45, 2.75) is 20.0 Å². The van der Waals surface area contributed by atoms with E-state index in [1.165, 1.54) is 18.2 Å². The number of ether oxygens (including phenoxy) is 2. The van der Waals surface area contributed by atoms with Crippen molar-refractivity contribution in [3.63, 3.8) is 0 Å². The van der Waals surface area contributed by atoms with Crippen molar-refractivity contribution in [1.82, 2.24) is 0 Å². The van der Waals surface area contributed by atoms with Gasteiger partial charge in [0.15, 0.2) is 5.78 Å². The number of hydrogen-bond acceptors (Lipinski definition) is 7. The summed E-state index contributed by atoms with van der Waals surface area (Å²) in [6.07, 6.45) is 0.862. The summed E-state index contributed by atoms with van der Waals surface area (Å²) in [5.41, 5.74) is 0.336. The van der Waals surface area contributed by atoms with E-state index in [1.54, 1.807) is 0 Å². The largest absolute Gasteiger partial charge is 0.478 e. The minimum atomic E-state index is -1.44. The lowest BCUT2D eigenvalue weighted by Crippen LogP contribution is -2.15. The number of benzene rings is 3. The Hall–Kier alpha value is -4.79. The molecule has 0 aliphatic heterocycles. The Morgan fingerprint density at radius 1 is 0.667 bits per heavy atom. The second kappa shape index (κ2) is 11.1. The third-order valence-corrected chi connectivity index (χ3v) is 5.45. The van der Waals surface area contributed by atoms with E-state index in [0.29, 0.717) is 0 Å². The molecule has 0 fully saturated rings. The number of carboxylic acid groups (broad SMARTS) is 2. The second-order valence-electron chi connectivity index (χ2n) is 7.70. The number of rotatable bonds is 9. The van der Waals surface area contributed by atoms with Crippen molar-refractivity contribution in [2.24, 2.45) is 0 Å². The molecule has 0 aliphatic rings. The maximum absolute atomic E-state index is 13.0. The van der Waals surface area contributed by atoms with Crippen LogP contribution in [0.5, 0.6) is 0 Å². The first kappa shape index (κ1) is 25.8. The lowest BCUT2D eigenvalue weighted by molar-refractivity contribution is 0.0463. The van der Waals surface area contributed by atoms with Gasteiger partial charge < -0.3 is 19.7 Å². The molecule has 0 unspecified atom stereocenters. The first-order chi connectivity index (χ1) is 17.2. The summed E-state index contributed by atoms with van der Waals surface area (Å²) in [7, 11) is 1.07. The highest BCUT2D eigenvalue weighted by Crippen LogP contribution is 2.20. The highest BCUT2D eigenvalue weighted by atomic mass is 16.5. The number of carbonyl (C=O) groups is 5. The maximum atomic E-state index is 13.0. The molecule has 0 aromatic heterocycles. The number of ketones is 1. The van der Waals surface area contributed by atoms with Crippen LogP contribution in [0.15, 0.2) is 60.7 Å². The van der Waals surface area contributed by atoms with E-state index in [-0.39, 0.29) is 34.4 Å². The zero-order valence-corrected chi connectivity index (χ0v) is 19.4. The van der Waals surface area contributed by atoms with Gasteiger partial charge in [-0.1, -0.05) is 43.3 Å². The van der Waals surface area contributed by atoms with Gasteiger partial charge in [0.1, 0.15) is 6.61 Å². The van der Waals surface area contributed by atoms with Crippen LogP contribution in [0, 0.1) is 0 Å². The molecule has 36 heavy (non-hydrogen) atoms. The monoisotopic (exact) mass is 490 g/mol. The molecule has 0 heterocycles. The van der Waals surface area contributed by atoms with Gasteiger partial charge in [0.05, 0.1) is 29.4 Å². The molecular weight excluding hydrogens is 468 g/mol. The van der Waals surface area contributed by atoms with Crippen molar-refractivity contribution in [3.05, 3.63) is 105 Å². The first-order valence-corrected chi connectivity index (χ1v) is 10.8. The van der Waals surface area contributed by atoms with Crippen LogP contribution in [-0.4, -0.2) is 47.0 Å². The standard InChI is InChI=1S/C27H22O9/c1-3-15-4-6-16(7-5-15)14-36-27(34)20-11-9-17(12-21(20)25(31)32)23(28)18-8-10-19(24(29)30)22(13-18)26(33)35-2/h4-13H,3,14H2,1-2H3,(H,29,30)(H,31,32). The summed E-state index contributed by atoms with van der Waals surface area (Å²) in [6, 6.07) is 14.2. The highest BCUT2D eigenvalue weighted by molar-refractivity contribution is 6.13. The summed E-state index contributed by atoms with van der Waals surface area (Å²) >= 11 is 0. The van der Waals surface area contributed by atoms with E-state index in [1.807, 2.05) is 31.2 Å². The number of esters is 2. The molecule has 3 rings (SSSR count). The summed E-state index contributed by atoms with van der Waals surface area (Å²) < 4.78 is 9.84. The van der Waals surface area contributed by atoms with Crippen LogP contribution in [0.25, 0.3) is 0 Å². The Morgan fingerprint density at radius 3 is 1.72 bits per heavy atom. The number of carboxylic acids is 2. The van der Waals surface area contributed by atoms with Crippen molar-refractivity contribution in [1.29, 1.82) is 0 Å². The van der Waals surface area contributed by atoms with Gasteiger partial charge in [-0.25, -0.2) is 19.2 Å². The molecule has 9 heteroatoms. The fraction of sp³-hybridized carbons (Fsp3) is 0.148. The van der Waals surface area contributed by atoms with E-state index in [0.717, 1.165) is 42.9 Å². The number of methoxy groups -OCH3 is 1. The molecule has 0 bridgehead atoms. The van der Waals surface area contributed by atoms with Crippen molar-refractivity contribution in [3.8, 4) is 0 Å². The third-order valence-electron chi connectivity index (χ3n) is 5.45. The first-order valence-electron chi connectivity index (χ1n) is 10.8. The van der Waals surface area contributed by atoms with Crippen molar-refractivity contribution < 1.29 is 43.7 Å². The Morgan fingerprint density at radius 2 is 1.19 bits per heavy atom. The molecule has 184 valence electrons. The quantitative estimate of drug-likeness (QED) is 0.336. The van der Waals surface area contributed by atoms with Crippen LogP contribution in [0.3, 0.4) is 0 Å². The normalized spacial score (nSPS) is 10.4. The van der Waals surface area contributed by atoms with Gasteiger partial charge in [-0.15, -0.1) is 0 Å². The number of carbonyl (C=O) groups excluding carboxylic acids is 3. The lowest BCUT2D eigenvalue weighted by Gasteiger charge is -2.10. The van der Waals surface area contributed by atoms with Crippen LogP contribution >= 0.6 is 0 Å². The fourth-order valence-electron chi connectivity index (χ4n) is 3.46. The summed E-state index contributed by atoms with van der Waals surface area (Å²) in [4.78, 5) is 60.8. The number of aromatic carboxylic acids is 2. The van der Waals surface area contributed by atoms with Crippen LogP contribution in [-0.2, 0) is 22.5 Å². The third kappa shape index (κ3) is 5.64. The fourth-order valence-corrected chi connectivity index (χ4v) is 3.46. The van der Waals surface area contributed by atoms with Gasteiger partial charge >= 0.3 is 23.9 Å². The molecule has 3 aromatic rings. The molecular formula is C27H22O9. The molecule has 0 saturated heterocycles. The van der Waals surface area contributed by atoms with E-state index in [2.05, 4.69) is 4.74 Å². The predicted octanol–water partition coefficient (Wildman–Crippen LogP) is 4.02. The van der Waals surface area contributed by atoms with E-state index in [4.69, 9.17) is 4.74 Å². The van der Waals surface area contributed by atoms with Gasteiger partial charge in [0.25, 0.3) is 0 Å². The SMILES string of the molecule is CCc1ccc(COC(=O)c2ccc(C(=O)c3ccc(C(=O)O)c(C(=O)OC)c3)cc2C(=O)O)cc1. The molecule has 3 aromatic carbocycles. The van der Waals surface area contributed by atoms with Crippen LogP contribution in [0.4, 0.5) is 0 Å². The molecule has 0 spiro atoms. The molecule has 0 saturated carbocycles. The maximum Gasteiger partial charge on any atom is 0.339 e. The average molecular weight is 490 g/mol.